The summed E-state index contributed by atoms with van der Waals surface area (Å²) in [5.74, 6) is 0.554. The number of nitriles is 1. The van der Waals surface area contributed by atoms with Crippen molar-refractivity contribution in [2.45, 2.75) is 58.5 Å². The third-order valence-corrected chi connectivity index (χ3v) is 4.61. The maximum absolute atomic E-state index is 12.0. The van der Waals surface area contributed by atoms with E-state index in [4.69, 9.17) is 10.00 Å². The molecule has 0 bridgehead atoms. The third kappa shape index (κ3) is 3.02. The fraction of sp³-hybridized carbons (Fsp3) is 0.867. The van der Waals surface area contributed by atoms with Gasteiger partial charge >= 0.3 is 6.09 Å². The topological polar surface area (TPSA) is 53.3 Å². The number of nitrogens with zero attached hydrogens (tertiary/aromatic N) is 2. The highest BCUT2D eigenvalue weighted by Crippen LogP contribution is 2.54. The molecule has 1 saturated carbocycles. The van der Waals surface area contributed by atoms with Gasteiger partial charge in [0.15, 0.2) is 0 Å². The lowest BCUT2D eigenvalue weighted by molar-refractivity contribution is -0.0404. The number of rotatable bonds is 1. The number of hydrogen-bond acceptors (Lipinski definition) is 3. The van der Waals surface area contributed by atoms with Crippen LogP contribution in [0.15, 0.2) is 0 Å². The van der Waals surface area contributed by atoms with E-state index in [9.17, 15) is 4.79 Å². The van der Waals surface area contributed by atoms with E-state index < -0.39 is 5.60 Å². The Hall–Kier alpha value is -1.24. The molecule has 0 aromatic carbocycles. The minimum Gasteiger partial charge on any atom is -0.444 e. The number of likely N-dealkylation sites (tertiary alicyclic amines) is 1. The summed E-state index contributed by atoms with van der Waals surface area (Å²) in [6, 6.07) is 2.30. The highest BCUT2D eigenvalue weighted by Gasteiger charge is 2.48. The van der Waals surface area contributed by atoms with E-state index >= 15 is 0 Å². The van der Waals surface area contributed by atoms with Gasteiger partial charge in [-0.15, -0.1) is 0 Å². The molecule has 1 unspecified atom stereocenters. The molecule has 106 valence electrons. The van der Waals surface area contributed by atoms with Gasteiger partial charge in [-0.3, -0.25) is 0 Å². The molecular formula is C15H24N2O2. The summed E-state index contributed by atoms with van der Waals surface area (Å²) in [4.78, 5) is 13.8. The standard InChI is InChI=1S/C15H24N2O2/c1-14(2,3)19-13(18)17-10-7-15(8-11-17)6-4-12(15)5-9-16/h12H,4-8,10-11H2,1-3H3. The van der Waals surface area contributed by atoms with Crippen LogP contribution in [-0.2, 0) is 4.74 Å². The Morgan fingerprint density at radius 2 is 2.00 bits per heavy atom. The zero-order chi connectivity index (χ0) is 14.1. The predicted molar refractivity (Wildman–Crippen MR) is 72.4 cm³/mol. The molecule has 1 atom stereocenters. The summed E-state index contributed by atoms with van der Waals surface area (Å²) < 4.78 is 5.41. The van der Waals surface area contributed by atoms with Crippen LogP contribution in [0.2, 0.25) is 0 Å². The zero-order valence-electron chi connectivity index (χ0n) is 12.2. The second kappa shape index (κ2) is 5.03. The first kappa shape index (κ1) is 14.2. The van der Waals surface area contributed by atoms with Gasteiger partial charge in [0.25, 0.3) is 0 Å². The fourth-order valence-corrected chi connectivity index (χ4v) is 3.30. The maximum Gasteiger partial charge on any atom is 0.410 e. The Kier molecular flexibility index (Phi) is 3.75. The van der Waals surface area contributed by atoms with Gasteiger partial charge in [0.05, 0.1) is 6.07 Å². The van der Waals surface area contributed by atoms with Gasteiger partial charge in [-0.1, -0.05) is 0 Å². The van der Waals surface area contributed by atoms with Crippen LogP contribution in [0.4, 0.5) is 4.79 Å². The van der Waals surface area contributed by atoms with Crippen molar-refractivity contribution < 1.29 is 9.53 Å². The Morgan fingerprint density at radius 1 is 1.37 bits per heavy atom. The van der Waals surface area contributed by atoms with E-state index in [0.717, 1.165) is 25.9 Å². The van der Waals surface area contributed by atoms with E-state index in [1.165, 1.54) is 12.8 Å². The molecule has 0 radical (unpaired) electrons. The molecule has 4 nitrogen and oxygen atoms in total. The Balaban J connectivity index is 1.86. The highest BCUT2D eigenvalue weighted by molar-refractivity contribution is 5.68. The molecule has 1 amide bonds. The molecule has 1 saturated heterocycles. The summed E-state index contributed by atoms with van der Waals surface area (Å²) in [5.41, 5.74) is -0.0831. The van der Waals surface area contributed by atoms with Crippen molar-refractivity contribution >= 4 is 6.09 Å². The van der Waals surface area contributed by atoms with Crippen LogP contribution in [0, 0.1) is 22.7 Å². The zero-order valence-corrected chi connectivity index (χ0v) is 12.2. The normalized spacial score (nSPS) is 25.6. The van der Waals surface area contributed by atoms with Gasteiger partial charge in [0.2, 0.25) is 0 Å². The van der Waals surface area contributed by atoms with Crippen molar-refractivity contribution in [3.05, 3.63) is 0 Å². The molecule has 0 aromatic rings. The molecule has 2 rings (SSSR count). The van der Waals surface area contributed by atoms with Gasteiger partial charge in [0.1, 0.15) is 5.60 Å². The second-order valence-electron chi connectivity index (χ2n) is 6.93. The smallest absolute Gasteiger partial charge is 0.410 e. The number of hydrogen-bond donors (Lipinski definition) is 0. The molecule has 1 aliphatic carbocycles. The molecule has 0 aromatic heterocycles. The van der Waals surface area contributed by atoms with Crippen LogP contribution in [0.25, 0.3) is 0 Å². The summed E-state index contributed by atoms with van der Waals surface area (Å²) in [6.45, 7) is 7.23. The van der Waals surface area contributed by atoms with E-state index in [-0.39, 0.29) is 6.09 Å². The Labute approximate surface area is 115 Å². The van der Waals surface area contributed by atoms with Gasteiger partial charge in [-0.2, -0.15) is 5.26 Å². The van der Waals surface area contributed by atoms with Crippen molar-refractivity contribution in [3.63, 3.8) is 0 Å². The molecular weight excluding hydrogens is 240 g/mol. The molecule has 1 spiro atoms. The van der Waals surface area contributed by atoms with Crippen LogP contribution in [0.3, 0.4) is 0 Å². The quantitative estimate of drug-likeness (QED) is 0.730. The van der Waals surface area contributed by atoms with Gasteiger partial charge < -0.3 is 9.64 Å². The Bertz CT molecular complexity index is 384. The summed E-state index contributed by atoms with van der Waals surface area (Å²) in [5, 5.41) is 8.85. The van der Waals surface area contributed by atoms with Gasteiger partial charge in [-0.05, 0) is 57.8 Å². The first-order chi connectivity index (χ1) is 8.86. The van der Waals surface area contributed by atoms with Crippen molar-refractivity contribution in [3.8, 4) is 6.07 Å². The second-order valence-corrected chi connectivity index (χ2v) is 6.93. The molecule has 2 aliphatic rings. The van der Waals surface area contributed by atoms with E-state index in [0.29, 0.717) is 17.8 Å². The number of amides is 1. The maximum atomic E-state index is 12.0. The minimum absolute atomic E-state index is 0.196. The molecule has 4 heteroatoms. The van der Waals surface area contributed by atoms with Crippen LogP contribution in [0.1, 0.15) is 52.9 Å². The average molecular weight is 264 g/mol. The van der Waals surface area contributed by atoms with E-state index in [2.05, 4.69) is 6.07 Å². The predicted octanol–water partition coefficient (Wildman–Crippen LogP) is 3.33. The first-order valence-corrected chi connectivity index (χ1v) is 7.21. The van der Waals surface area contributed by atoms with Crippen molar-refractivity contribution in [1.82, 2.24) is 4.90 Å². The van der Waals surface area contributed by atoms with Crippen molar-refractivity contribution in [2.75, 3.05) is 13.1 Å². The Morgan fingerprint density at radius 3 is 2.42 bits per heavy atom. The number of carbonyl (C=O) groups excluding carboxylic acids is 1. The highest BCUT2D eigenvalue weighted by atomic mass is 16.6. The van der Waals surface area contributed by atoms with Crippen molar-refractivity contribution in [1.29, 1.82) is 5.26 Å². The largest absolute Gasteiger partial charge is 0.444 e. The van der Waals surface area contributed by atoms with Gasteiger partial charge in [0, 0.05) is 19.5 Å². The minimum atomic E-state index is -0.425. The molecule has 1 heterocycles. The summed E-state index contributed by atoms with van der Waals surface area (Å²) in [6.07, 6.45) is 4.93. The van der Waals surface area contributed by atoms with E-state index in [1.54, 1.807) is 0 Å². The summed E-state index contributed by atoms with van der Waals surface area (Å²) in [7, 11) is 0. The first-order valence-electron chi connectivity index (χ1n) is 7.21. The SMILES string of the molecule is CC(C)(C)OC(=O)N1CCC2(CCC2CC#N)CC1. The van der Waals surface area contributed by atoms with Crippen LogP contribution in [-0.4, -0.2) is 29.7 Å². The monoisotopic (exact) mass is 264 g/mol. The molecule has 19 heavy (non-hydrogen) atoms. The van der Waals surface area contributed by atoms with Crippen LogP contribution < -0.4 is 0 Å². The molecule has 0 N–H and O–H groups in total. The van der Waals surface area contributed by atoms with Crippen LogP contribution >= 0.6 is 0 Å². The summed E-state index contributed by atoms with van der Waals surface area (Å²) >= 11 is 0. The average Bonchev–Trinajstić information content (AvgIpc) is 2.33. The molecule has 1 aliphatic heterocycles. The number of ether oxygens (including phenoxy) is 1. The lowest BCUT2D eigenvalue weighted by Gasteiger charge is -2.53. The molecule has 2 fully saturated rings. The number of piperidine rings is 1. The third-order valence-electron chi connectivity index (χ3n) is 4.61. The van der Waals surface area contributed by atoms with Crippen molar-refractivity contribution in [2.24, 2.45) is 11.3 Å². The lowest BCUT2D eigenvalue weighted by Crippen LogP contribution is -2.51. The lowest BCUT2D eigenvalue weighted by atomic mass is 9.55. The van der Waals surface area contributed by atoms with Gasteiger partial charge in [-0.25, -0.2) is 4.79 Å². The fourth-order valence-electron chi connectivity index (χ4n) is 3.30. The van der Waals surface area contributed by atoms with Crippen LogP contribution in [0.5, 0.6) is 0 Å². The van der Waals surface area contributed by atoms with E-state index in [1.807, 2.05) is 25.7 Å². The number of carbonyl (C=O) groups is 1.